The zero-order valence-electron chi connectivity index (χ0n) is 23.2. The SMILES string of the molecule is CCCN(CC(=O)N1CCN(c2cc3c(cc2OC)CCC2C3CCC3(C)C(O)CCC23)CC1)C(C)=O. The number of aryl methyl sites for hydroxylation is 1. The first-order valence-corrected chi connectivity index (χ1v) is 14.4. The first-order valence-electron chi connectivity index (χ1n) is 14.4. The largest absolute Gasteiger partial charge is 0.495 e. The van der Waals surface area contributed by atoms with E-state index in [9.17, 15) is 14.7 Å². The molecular formula is C30H45N3O4. The summed E-state index contributed by atoms with van der Waals surface area (Å²) in [4.78, 5) is 30.7. The Hall–Kier alpha value is -2.28. The molecule has 1 heterocycles. The number of amides is 2. The van der Waals surface area contributed by atoms with E-state index in [0.29, 0.717) is 37.4 Å². The summed E-state index contributed by atoms with van der Waals surface area (Å²) in [7, 11) is 1.76. The maximum atomic E-state index is 12.9. The van der Waals surface area contributed by atoms with E-state index in [1.165, 1.54) is 24.5 Å². The number of benzene rings is 1. The molecule has 37 heavy (non-hydrogen) atoms. The number of anilines is 1. The molecule has 5 rings (SSSR count). The van der Waals surface area contributed by atoms with Crippen LogP contribution in [0.4, 0.5) is 5.69 Å². The molecule has 5 unspecified atom stereocenters. The second kappa shape index (κ2) is 10.5. The molecule has 0 aromatic heterocycles. The molecule has 0 bridgehead atoms. The lowest BCUT2D eigenvalue weighted by Gasteiger charge is -2.50. The molecule has 1 aromatic rings. The van der Waals surface area contributed by atoms with Crippen molar-refractivity contribution in [2.24, 2.45) is 17.3 Å². The minimum absolute atomic E-state index is 0.0348. The second-order valence-corrected chi connectivity index (χ2v) is 12.1. The Labute approximate surface area is 222 Å². The first-order chi connectivity index (χ1) is 17.8. The Morgan fingerprint density at radius 2 is 1.89 bits per heavy atom. The predicted molar refractivity (Wildman–Crippen MR) is 145 cm³/mol. The molecule has 1 aromatic carbocycles. The summed E-state index contributed by atoms with van der Waals surface area (Å²) < 4.78 is 5.88. The third kappa shape index (κ3) is 4.73. The van der Waals surface area contributed by atoms with Crippen molar-refractivity contribution in [1.82, 2.24) is 9.80 Å². The van der Waals surface area contributed by atoms with Crippen LogP contribution in [-0.4, -0.2) is 79.2 Å². The molecule has 2 saturated carbocycles. The van der Waals surface area contributed by atoms with Crippen LogP contribution < -0.4 is 9.64 Å². The van der Waals surface area contributed by atoms with E-state index in [0.717, 1.165) is 63.1 Å². The fourth-order valence-electron chi connectivity index (χ4n) is 8.05. The van der Waals surface area contributed by atoms with E-state index < -0.39 is 0 Å². The van der Waals surface area contributed by atoms with Gasteiger partial charge < -0.3 is 24.5 Å². The standard InChI is InChI=1S/C30H45N3O4/c1-5-12-33(20(2)34)19-29(36)32-15-13-31(14-16-32)26-18-24-21(17-27(26)37-4)6-7-23-22(24)10-11-30(3)25(23)8-9-28(30)35/h17-18,22-23,25,28,35H,5-16,19H2,1-4H3. The molecule has 1 saturated heterocycles. The number of fused-ring (bicyclic) bond motifs is 5. The highest BCUT2D eigenvalue weighted by Gasteiger charge is 2.54. The van der Waals surface area contributed by atoms with Crippen molar-refractivity contribution in [1.29, 1.82) is 0 Å². The lowest BCUT2D eigenvalue weighted by atomic mass is 9.55. The predicted octanol–water partition coefficient (Wildman–Crippen LogP) is 3.82. The highest BCUT2D eigenvalue weighted by molar-refractivity contribution is 5.84. The van der Waals surface area contributed by atoms with E-state index >= 15 is 0 Å². The highest BCUT2D eigenvalue weighted by Crippen LogP contribution is 2.61. The van der Waals surface area contributed by atoms with E-state index in [1.807, 2.05) is 11.8 Å². The Bertz CT molecular complexity index is 1020. The van der Waals surface area contributed by atoms with Gasteiger partial charge in [-0.2, -0.15) is 0 Å². The van der Waals surface area contributed by atoms with Gasteiger partial charge in [0.25, 0.3) is 0 Å². The Morgan fingerprint density at radius 1 is 1.14 bits per heavy atom. The molecular weight excluding hydrogens is 466 g/mol. The maximum absolute atomic E-state index is 12.9. The van der Waals surface area contributed by atoms with Crippen LogP contribution >= 0.6 is 0 Å². The number of aliphatic hydroxyl groups excluding tert-OH is 1. The topological polar surface area (TPSA) is 73.3 Å². The fourth-order valence-corrected chi connectivity index (χ4v) is 8.05. The number of carbonyl (C=O) groups excluding carboxylic acids is 2. The van der Waals surface area contributed by atoms with Gasteiger partial charge in [-0.25, -0.2) is 0 Å². The zero-order valence-corrected chi connectivity index (χ0v) is 23.2. The van der Waals surface area contributed by atoms with E-state index in [2.05, 4.69) is 24.0 Å². The second-order valence-electron chi connectivity index (χ2n) is 12.1. The third-order valence-electron chi connectivity index (χ3n) is 10.2. The van der Waals surface area contributed by atoms with Crippen LogP contribution in [0.25, 0.3) is 0 Å². The lowest BCUT2D eigenvalue weighted by Crippen LogP contribution is -2.52. The summed E-state index contributed by atoms with van der Waals surface area (Å²) in [6.07, 6.45) is 7.38. The summed E-state index contributed by atoms with van der Waals surface area (Å²) in [5, 5.41) is 10.7. The summed E-state index contributed by atoms with van der Waals surface area (Å²) in [6.45, 7) is 9.51. The number of hydrogen-bond donors (Lipinski definition) is 1. The quantitative estimate of drug-likeness (QED) is 0.629. The molecule has 0 spiro atoms. The molecule has 7 nitrogen and oxygen atoms in total. The van der Waals surface area contributed by atoms with Crippen molar-refractivity contribution in [3.05, 3.63) is 23.3 Å². The molecule has 5 atom stereocenters. The van der Waals surface area contributed by atoms with Crippen molar-refractivity contribution in [3.8, 4) is 5.75 Å². The van der Waals surface area contributed by atoms with Crippen molar-refractivity contribution < 1.29 is 19.4 Å². The van der Waals surface area contributed by atoms with Crippen LogP contribution in [0.3, 0.4) is 0 Å². The first kappa shape index (κ1) is 26.3. The van der Waals surface area contributed by atoms with Gasteiger partial charge in [0.1, 0.15) is 5.75 Å². The maximum Gasteiger partial charge on any atom is 0.242 e. The smallest absolute Gasteiger partial charge is 0.242 e. The average Bonchev–Trinajstić information content (AvgIpc) is 3.21. The average molecular weight is 512 g/mol. The van der Waals surface area contributed by atoms with Gasteiger partial charge in [-0.1, -0.05) is 13.8 Å². The molecule has 4 aliphatic rings. The highest BCUT2D eigenvalue weighted by atomic mass is 16.5. The summed E-state index contributed by atoms with van der Waals surface area (Å²) in [6, 6.07) is 4.67. The van der Waals surface area contributed by atoms with Crippen molar-refractivity contribution in [2.45, 2.75) is 77.7 Å². The minimum Gasteiger partial charge on any atom is -0.495 e. The summed E-state index contributed by atoms with van der Waals surface area (Å²) in [5.74, 6) is 2.77. The van der Waals surface area contributed by atoms with Gasteiger partial charge in [-0.15, -0.1) is 0 Å². The summed E-state index contributed by atoms with van der Waals surface area (Å²) >= 11 is 0. The van der Waals surface area contributed by atoms with Crippen LogP contribution in [0, 0.1) is 17.3 Å². The number of hydrogen-bond acceptors (Lipinski definition) is 5. The number of aliphatic hydroxyl groups is 1. The van der Waals surface area contributed by atoms with Gasteiger partial charge >= 0.3 is 0 Å². The Kier molecular flexibility index (Phi) is 7.45. The van der Waals surface area contributed by atoms with Gasteiger partial charge in [0.15, 0.2) is 0 Å². The van der Waals surface area contributed by atoms with Crippen molar-refractivity contribution in [3.63, 3.8) is 0 Å². The molecule has 7 heteroatoms. The minimum atomic E-state index is -0.144. The molecule has 204 valence electrons. The van der Waals surface area contributed by atoms with E-state index in [4.69, 9.17) is 4.74 Å². The number of piperazine rings is 1. The molecule has 3 aliphatic carbocycles. The van der Waals surface area contributed by atoms with Gasteiger partial charge in [-0.3, -0.25) is 9.59 Å². The number of nitrogens with zero attached hydrogens (tertiary/aromatic N) is 3. The van der Waals surface area contributed by atoms with E-state index in [-0.39, 0.29) is 29.9 Å². The normalized spacial score (nSPS) is 30.8. The van der Waals surface area contributed by atoms with Gasteiger partial charge in [0.05, 0.1) is 25.4 Å². The summed E-state index contributed by atoms with van der Waals surface area (Å²) in [5.41, 5.74) is 4.15. The van der Waals surface area contributed by atoms with Crippen LogP contribution in [-0.2, 0) is 16.0 Å². The number of ether oxygens (including phenoxy) is 1. The van der Waals surface area contributed by atoms with Crippen LogP contribution in [0.15, 0.2) is 12.1 Å². The monoisotopic (exact) mass is 511 g/mol. The molecule has 0 radical (unpaired) electrons. The molecule has 1 N–H and O–H groups in total. The fraction of sp³-hybridized carbons (Fsp3) is 0.733. The van der Waals surface area contributed by atoms with Crippen molar-refractivity contribution in [2.75, 3.05) is 51.3 Å². The van der Waals surface area contributed by atoms with Gasteiger partial charge in [0, 0.05) is 39.6 Å². The number of rotatable bonds is 6. The Morgan fingerprint density at radius 3 is 2.57 bits per heavy atom. The van der Waals surface area contributed by atoms with Gasteiger partial charge in [0.2, 0.25) is 11.8 Å². The third-order valence-corrected chi connectivity index (χ3v) is 10.2. The Balaban J connectivity index is 1.31. The number of methoxy groups -OCH3 is 1. The lowest BCUT2D eigenvalue weighted by molar-refractivity contribution is -0.139. The van der Waals surface area contributed by atoms with Crippen molar-refractivity contribution >= 4 is 17.5 Å². The van der Waals surface area contributed by atoms with Crippen LogP contribution in [0.5, 0.6) is 5.75 Å². The van der Waals surface area contributed by atoms with Gasteiger partial charge in [-0.05, 0) is 91.4 Å². The molecule has 2 amide bonds. The molecule has 1 aliphatic heterocycles. The van der Waals surface area contributed by atoms with Crippen LogP contribution in [0.2, 0.25) is 0 Å². The van der Waals surface area contributed by atoms with E-state index in [1.54, 1.807) is 12.0 Å². The molecule has 3 fully saturated rings. The van der Waals surface area contributed by atoms with Crippen LogP contribution in [0.1, 0.15) is 76.3 Å². The number of carbonyl (C=O) groups is 2. The zero-order chi connectivity index (χ0) is 26.3.